The molecule has 0 bridgehead atoms. The Labute approximate surface area is 122 Å². The van der Waals surface area contributed by atoms with Crippen LogP contribution < -0.4 is 0 Å². The Balaban J connectivity index is 2.37. The lowest BCUT2D eigenvalue weighted by atomic mass is 9.86. The van der Waals surface area contributed by atoms with E-state index in [1.807, 2.05) is 19.1 Å². The predicted molar refractivity (Wildman–Crippen MR) is 85.0 cm³/mol. The van der Waals surface area contributed by atoms with Gasteiger partial charge in [0.05, 0.1) is 0 Å². The molecule has 0 aromatic heterocycles. The highest BCUT2D eigenvalue weighted by molar-refractivity contribution is 5.40. The first-order valence-corrected chi connectivity index (χ1v) is 7.34. The van der Waals surface area contributed by atoms with Gasteiger partial charge in [0.2, 0.25) is 0 Å². The van der Waals surface area contributed by atoms with E-state index >= 15 is 0 Å². The number of hydrogen-bond donors (Lipinski definition) is 1. The van der Waals surface area contributed by atoms with Gasteiger partial charge in [0.25, 0.3) is 0 Å². The minimum atomic E-state index is -0.943. The maximum absolute atomic E-state index is 10.9. The molecule has 0 amide bonds. The quantitative estimate of drug-likeness (QED) is 0.865. The molecule has 2 aromatic rings. The van der Waals surface area contributed by atoms with Crippen molar-refractivity contribution in [1.29, 1.82) is 0 Å². The molecule has 0 aliphatic carbocycles. The van der Waals surface area contributed by atoms with E-state index in [9.17, 15) is 5.11 Å². The number of aliphatic hydroxyl groups is 1. The van der Waals surface area contributed by atoms with E-state index in [4.69, 9.17) is 0 Å². The van der Waals surface area contributed by atoms with E-state index in [1.54, 1.807) is 0 Å². The fourth-order valence-electron chi connectivity index (χ4n) is 2.71. The fraction of sp³-hybridized carbons (Fsp3) is 0.368. The van der Waals surface area contributed by atoms with Crippen LogP contribution in [0.1, 0.15) is 48.1 Å². The van der Waals surface area contributed by atoms with Gasteiger partial charge >= 0.3 is 0 Å². The van der Waals surface area contributed by atoms with Crippen molar-refractivity contribution >= 4 is 0 Å². The SMILES string of the molecule is CCCc1ccc(C(C)(O)c2cc(C)cc(C)c2)cc1. The topological polar surface area (TPSA) is 20.2 Å². The highest BCUT2D eigenvalue weighted by Crippen LogP contribution is 2.30. The van der Waals surface area contributed by atoms with Gasteiger partial charge in [0, 0.05) is 0 Å². The molecule has 0 heterocycles. The van der Waals surface area contributed by atoms with Crippen LogP contribution in [0.4, 0.5) is 0 Å². The highest BCUT2D eigenvalue weighted by Gasteiger charge is 2.25. The van der Waals surface area contributed by atoms with Crippen molar-refractivity contribution in [1.82, 2.24) is 0 Å². The van der Waals surface area contributed by atoms with Crippen molar-refractivity contribution in [2.45, 2.75) is 46.1 Å². The average Bonchev–Trinajstić information content (AvgIpc) is 2.38. The Kier molecular flexibility index (Phi) is 4.29. The molecule has 0 aliphatic heterocycles. The Hall–Kier alpha value is -1.60. The zero-order valence-corrected chi connectivity index (χ0v) is 12.9. The standard InChI is InChI=1S/C19H24O/c1-5-6-16-7-9-17(10-8-16)19(4,20)18-12-14(2)11-15(3)13-18/h7-13,20H,5-6H2,1-4H3. The zero-order chi connectivity index (χ0) is 14.8. The van der Waals surface area contributed by atoms with Crippen LogP contribution in [-0.2, 0) is 12.0 Å². The largest absolute Gasteiger partial charge is 0.381 e. The summed E-state index contributed by atoms with van der Waals surface area (Å²) in [6, 6.07) is 14.6. The average molecular weight is 268 g/mol. The number of rotatable bonds is 4. The molecular formula is C19H24O. The van der Waals surface area contributed by atoms with Gasteiger partial charge in [0.1, 0.15) is 5.60 Å². The van der Waals surface area contributed by atoms with Gasteiger partial charge in [-0.1, -0.05) is 66.9 Å². The third-order valence-electron chi connectivity index (χ3n) is 3.84. The Morgan fingerprint density at radius 1 is 0.900 bits per heavy atom. The maximum Gasteiger partial charge on any atom is 0.112 e. The summed E-state index contributed by atoms with van der Waals surface area (Å²) >= 11 is 0. The summed E-state index contributed by atoms with van der Waals surface area (Å²) in [7, 11) is 0. The van der Waals surface area contributed by atoms with Crippen LogP contribution in [0.2, 0.25) is 0 Å². The normalized spacial score (nSPS) is 14.1. The molecule has 0 saturated carbocycles. The lowest BCUT2D eigenvalue weighted by Crippen LogP contribution is -2.23. The molecule has 0 aliphatic rings. The Morgan fingerprint density at radius 2 is 1.45 bits per heavy atom. The first-order chi connectivity index (χ1) is 9.43. The van der Waals surface area contributed by atoms with Crippen molar-refractivity contribution in [2.75, 3.05) is 0 Å². The molecule has 1 nitrogen and oxygen atoms in total. The van der Waals surface area contributed by atoms with E-state index in [2.05, 4.69) is 51.1 Å². The molecule has 0 radical (unpaired) electrons. The third kappa shape index (κ3) is 3.10. The summed E-state index contributed by atoms with van der Waals surface area (Å²) in [5.41, 5.74) is 4.65. The molecule has 2 rings (SSSR count). The molecule has 1 unspecified atom stereocenters. The van der Waals surface area contributed by atoms with E-state index in [-0.39, 0.29) is 0 Å². The van der Waals surface area contributed by atoms with Gasteiger partial charge in [-0.15, -0.1) is 0 Å². The second kappa shape index (κ2) is 5.80. The summed E-state index contributed by atoms with van der Waals surface area (Å²) in [4.78, 5) is 0. The van der Waals surface area contributed by atoms with Crippen LogP contribution in [0.3, 0.4) is 0 Å². The second-order valence-electron chi connectivity index (χ2n) is 5.90. The first-order valence-electron chi connectivity index (χ1n) is 7.34. The van der Waals surface area contributed by atoms with Gasteiger partial charge in [-0.2, -0.15) is 0 Å². The van der Waals surface area contributed by atoms with E-state index in [0.717, 1.165) is 24.0 Å². The first kappa shape index (κ1) is 14.8. The van der Waals surface area contributed by atoms with Gasteiger partial charge in [-0.25, -0.2) is 0 Å². The monoisotopic (exact) mass is 268 g/mol. The lowest BCUT2D eigenvalue weighted by Gasteiger charge is -2.25. The van der Waals surface area contributed by atoms with Crippen LogP contribution in [0.15, 0.2) is 42.5 Å². The van der Waals surface area contributed by atoms with Crippen molar-refractivity contribution in [3.63, 3.8) is 0 Å². The number of hydrogen-bond acceptors (Lipinski definition) is 1. The van der Waals surface area contributed by atoms with Crippen molar-refractivity contribution in [3.8, 4) is 0 Å². The molecule has 1 atom stereocenters. The molecule has 20 heavy (non-hydrogen) atoms. The second-order valence-corrected chi connectivity index (χ2v) is 5.90. The smallest absolute Gasteiger partial charge is 0.112 e. The summed E-state index contributed by atoms with van der Waals surface area (Å²) in [6.45, 7) is 8.18. The molecule has 106 valence electrons. The highest BCUT2D eigenvalue weighted by atomic mass is 16.3. The molecule has 2 aromatic carbocycles. The summed E-state index contributed by atoms with van der Waals surface area (Å²) in [6.07, 6.45) is 2.23. The zero-order valence-electron chi connectivity index (χ0n) is 12.9. The van der Waals surface area contributed by atoms with Crippen molar-refractivity contribution in [3.05, 3.63) is 70.3 Å². The molecule has 0 saturated heterocycles. The van der Waals surface area contributed by atoms with E-state index < -0.39 is 5.60 Å². The van der Waals surface area contributed by atoms with Crippen LogP contribution in [0.5, 0.6) is 0 Å². The van der Waals surface area contributed by atoms with Gasteiger partial charge in [-0.3, -0.25) is 0 Å². The van der Waals surface area contributed by atoms with Gasteiger partial charge in [0.15, 0.2) is 0 Å². The third-order valence-corrected chi connectivity index (χ3v) is 3.84. The van der Waals surface area contributed by atoms with E-state index in [1.165, 1.54) is 16.7 Å². The van der Waals surface area contributed by atoms with Gasteiger partial charge < -0.3 is 5.11 Å². The molecule has 0 spiro atoms. The summed E-state index contributed by atoms with van der Waals surface area (Å²) in [5, 5.41) is 10.9. The predicted octanol–water partition coefficient (Wildman–Crippen LogP) is 4.51. The minimum Gasteiger partial charge on any atom is -0.381 e. The summed E-state index contributed by atoms with van der Waals surface area (Å²) < 4.78 is 0. The van der Waals surface area contributed by atoms with Crippen LogP contribution in [0, 0.1) is 13.8 Å². The number of benzene rings is 2. The van der Waals surface area contributed by atoms with Crippen LogP contribution in [-0.4, -0.2) is 5.11 Å². The lowest BCUT2D eigenvalue weighted by molar-refractivity contribution is 0.102. The van der Waals surface area contributed by atoms with E-state index in [0.29, 0.717) is 0 Å². The molecule has 0 fully saturated rings. The number of aryl methyl sites for hydroxylation is 3. The Morgan fingerprint density at radius 3 is 1.95 bits per heavy atom. The molecule has 1 N–H and O–H groups in total. The van der Waals surface area contributed by atoms with Crippen LogP contribution in [0.25, 0.3) is 0 Å². The summed E-state index contributed by atoms with van der Waals surface area (Å²) in [5.74, 6) is 0. The fourth-order valence-corrected chi connectivity index (χ4v) is 2.71. The van der Waals surface area contributed by atoms with Crippen molar-refractivity contribution in [2.24, 2.45) is 0 Å². The van der Waals surface area contributed by atoms with Gasteiger partial charge in [-0.05, 0) is 43.9 Å². The minimum absolute atomic E-state index is 0.943. The Bertz CT molecular complexity index is 559. The maximum atomic E-state index is 10.9. The van der Waals surface area contributed by atoms with Crippen LogP contribution >= 0.6 is 0 Å². The van der Waals surface area contributed by atoms with Crippen molar-refractivity contribution < 1.29 is 5.11 Å². The molecule has 1 heteroatoms. The molecular weight excluding hydrogens is 244 g/mol.